The van der Waals surface area contributed by atoms with Gasteiger partial charge in [0.2, 0.25) is 0 Å². The van der Waals surface area contributed by atoms with Crippen molar-refractivity contribution in [3.63, 3.8) is 0 Å². The molecule has 1 amide bonds. The fraction of sp³-hybridized carbons (Fsp3) is 0.222. The Morgan fingerprint density at radius 3 is 2.72 bits per heavy atom. The summed E-state index contributed by atoms with van der Waals surface area (Å²) in [6.07, 6.45) is 3.38. The van der Waals surface area contributed by atoms with E-state index in [1.807, 2.05) is 25.1 Å². The molecule has 1 aliphatic heterocycles. The second-order valence-corrected chi connectivity index (χ2v) is 7.04. The standard InChI is InChI=1S/C18H17NO4S2/c1-11-14(21-2)7-6-12(16(11)22-3)9-15-17(20)19(18(24)25-15)10-13-5-4-8-23-13/h4-9H,10H2,1-3H3. The quantitative estimate of drug-likeness (QED) is 0.581. The molecule has 0 spiro atoms. The van der Waals surface area contributed by atoms with E-state index in [0.717, 1.165) is 16.9 Å². The minimum atomic E-state index is -0.137. The molecule has 3 rings (SSSR count). The van der Waals surface area contributed by atoms with Crippen LogP contribution in [0.15, 0.2) is 39.9 Å². The highest BCUT2D eigenvalue weighted by atomic mass is 32.2. The first kappa shape index (κ1) is 17.6. The van der Waals surface area contributed by atoms with E-state index in [4.69, 9.17) is 26.1 Å². The molecular formula is C18H17NO4S2. The number of carbonyl (C=O) groups excluding carboxylic acids is 1. The first-order valence-corrected chi connectivity index (χ1v) is 8.77. The number of thioether (sulfide) groups is 1. The van der Waals surface area contributed by atoms with Crippen LogP contribution in [0.25, 0.3) is 6.08 Å². The van der Waals surface area contributed by atoms with Crippen molar-refractivity contribution >= 4 is 40.3 Å². The smallest absolute Gasteiger partial charge is 0.266 e. The van der Waals surface area contributed by atoms with Gasteiger partial charge >= 0.3 is 0 Å². The van der Waals surface area contributed by atoms with Crippen LogP contribution in [0.4, 0.5) is 0 Å². The van der Waals surface area contributed by atoms with Gasteiger partial charge in [-0.3, -0.25) is 9.69 Å². The molecule has 130 valence electrons. The Kier molecular flexibility index (Phi) is 5.15. The van der Waals surface area contributed by atoms with Crippen molar-refractivity contribution in [2.75, 3.05) is 14.2 Å². The van der Waals surface area contributed by atoms with Crippen LogP contribution in [-0.2, 0) is 11.3 Å². The fourth-order valence-corrected chi connectivity index (χ4v) is 3.88. The third-order valence-corrected chi connectivity index (χ3v) is 5.24. The maximum absolute atomic E-state index is 12.7. The number of thiocarbonyl (C=S) groups is 1. The molecule has 1 saturated heterocycles. The molecule has 0 N–H and O–H groups in total. The predicted octanol–water partition coefficient (Wildman–Crippen LogP) is 4.01. The van der Waals surface area contributed by atoms with Gasteiger partial charge in [-0.15, -0.1) is 0 Å². The molecule has 1 aromatic carbocycles. The van der Waals surface area contributed by atoms with Gasteiger partial charge in [0.15, 0.2) is 0 Å². The van der Waals surface area contributed by atoms with E-state index in [-0.39, 0.29) is 5.91 Å². The molecule has 1 aromatic heterocycles. The zero-order valence-electron chi connectivity index (χ0n) is 14.1. The summed E-state index contributed by atoms with van der Waals surface area (Å²) in [6, 6.07) is 7.32. The number of ether oxygens (including phenoxy) is 2. The summed E-state index contributed by atoms with van der Waals surface area (Å²) in [4.78, 5) is 14.8. The van der Waals surface area contributed by atoms with Crippen molar-refractivity contribution < 1.29 is 18.7 Å². The van der Waals surface area contributed by atoms with Crippen LogP contribution in [0.3, 0.4) is 0 Å². The van der Waals surface area contributed by atoms with E-state index in [9.17, 15) is 4.79 Å². The van der Waals surface area contributed by atoms with Gasteiger partial charge < -0.3 is 13.9 Å². The third-order valence-electron chi connectivity index (χ3n) is 3.86. The van der Waals surface area contributed by atoms with Crippen molar-refractivity contribution in [3.8, 4) is 11.5 Å². The molecule has 0 atom stereocenters. The fourth-order valence-electron chi connectivity index (χ4n) is 2.64. The normalized spacial score (nSPS) is 16.0. The summed E-state index contributed by atoms with van der Waals surface area (Å²) in [7, 11) is 3.21. The zero-order chi connectivity index (χ0) is 18.0. The Hall–Kier alpha value is -2.25. The van der Waals surface area contributed by atoms with Crippen LogP contribution in [0.1, 0.15) is 16.9 Å². The number of rotatable bonds is 5. The first-order valence-electron chi connectivity index (χ1n) is 7.54. The molecule has 7 heteroatoms. The van der Waals surface area contributed by atoms with Gasteiger partial charge in [0.05, 0.1) is 31.9 Å². The lowest BCUT2D eigenvalue weighted by Gasteiger charge is -2.13. The average Bonchev–Trinajstić information content (AvgIpc) is 3.20. The number of benzene rings is 1. The Balaban J connectivity index is 1.91. The van der Waals surface area contributed by atoms with Gasteiger partial charge in [-0.1, -0.05) is 24.0 Å². The molecule has 0 radical (unpaired) electrons. The number of hydrogen-bond acceptors (Lipinski definition) is 6. The Bertz CT molecular complexity index is 843. The second kappa shape index (κ2) is 7.33. The number of amides is 1. The maximum atomic E-state index is 12.7. The van der Waals surface area contributed by atoms with Crippen LogP contribution in [0.2, 0.25) is 0 Å². The molecule has 2 aromatic rings. The van der Waals surface area contributed by atoms with Crippen molar-refractivity contribution in [1.29, 1.82) is 0 Å². The summed E-state index contributed by atoms with van der Waals surface area (Å²) in [5.74, 6) is 1.97. The van der Waals surface area contributed by atoms with E-state index >= 15 is 0 Å². The van der Waals surface area contributed by atoms with Gasteiger partial charge in [0, 0.05) is 11.1 Å². The number of carbonyl (C=O) groups is 1. The number of furan rings is 1. The topological polar surface area (TPSA) is 51.9 Å². The Morgan fingerprint density at radius 1 is 1.28 bits per heavy atom. The van der Waals surface area contributed by atoms with Gasteiger partial charge in [0.1, 0.15) is 21.6 Å². The molecule has 0 bridgehead atoms. The summed E-state index contributed by atoms with van der Waals surface area (Å²) in [5.41, 5.74) is 1.68. The monoisotopic (exact) mass is 375 g/mol. The lowest BCUT2D eigenvalue weighted by molar-refractivity contribution is -0.122. The molecule has 25 heavy (non-hydrogen) atoms. The third kappa shape index (κ3) is 3.43. The van der Waals surface area contributed by atoms with Crippen LogP contribution < -0.4 is 9.47 Å². The predicted molar refractivity (Wildman–Crippen MR) is 102 cm³/mol. The van der Waals surface area contributed by atoms with E-state index in [1.54, 1.807) is 32.6 Å². The van der Waals surface area contributed by atoms with Crippen LogP contribution in [0, 0.1) is 6.92 Å². The molecule has 2 heterocycles. The largest absolute Gasteiger partial charge is 0.496 e. The van der Waals surface area contributed by atoms with Crippen molar-refractivity contribution in [2.45, 2.75) is 13.5 Å². The van der Waals surface area contributed by atoms with Gasteiger partial charge in [-0.05, 0) is 37.3 Å². The number of hydrogen-bond donors (Lipinski definition) is 0. The minimum absolute atomic E-state index is 0.137. The molecule has 0 aliphatic carbocycles. The molecular weight excluding hydrogens is 358 g/mol. The SMILES string of the molecule is COc1ccc(C=C2SC(=S)N(Cc3ccco3)C2=O)c(OC)c1C. The molecule has 1 fully saturated rings. The van der Waals surface area contributed by atoms with E-state index in [0.29, 0.717) is 27.3 Å². The highest BCUT2D eigenvalue weighted by Gasteiger charge is 2.32. The Labute approximate surface area is 155 Å². The Morgan fingerprint density at radius 2 is 2.08 bits per heavy atom. The summed E-state index contributed by atoms with van der Waals surface area (Å²) in [6.45, 7) is 2.24. The minimum Gasteiger partial charge on any atom is -0.496 e. The van der Waals surface area contributed by atoms with Crippen molar-refractivity contribution in [3.05, 3.63) is 52.3 Å². The highest BCUT2D eigenvalue weighted by Crippen LogP contribution is 2.37. The van der Waals surface area contributed by atoms with E-state index < -0.39 is 0 Å². The van der Waals surface area contributed by atoms with Crippen LogP contribution in [-0.4, -0.2) is 29.3 Å². The van der Waals surface area contributed by atoms with E-state index in [1.165, 1.54) is 16.7 Å². The van der Waals surface area contributed by atoms with Gasteiger partial charge in [0.25, 0.3) is 5.91 Å². The van der Waals surface area contributed by atoms with Gasteiger partial charge in [-0.2, -0.15) is 0 Å². The first-order chi connectivity index (χ1) is 12.0. The second-order valence-electron chi connectivity index (χ2n) is 5.36. The van der Waals surface area contributed by atoms with Crippen LogP contribution >= 0.6 is 24.0 Å². The van der Waals surface area contributed by atoms with Crippen LogP contribution in [0.5, 0.6) is 11.5 Å². The average molecular weight is 375 g/mol. The zero-order valence-corrected chi connectivity index (χ0v) is 15.7. The summed E-state index contributed by atoms with van der Waals surface area (Å²) >= 11 is 6.62. The van der Waals surface area contributed by atoms with Crippen molar-refractivity contribution in [1.82, 2.24) is 4.90 Å². The molecule has 0 saturated carbocycles. The molecule has 5 nitrogen and oxygen atoms in total. The maximum Gasteiger partial charge on any atom is 0.266 e. The van der Waals surface area contributed by atoms with E-state index in [2.05, 4.69) is 0 Å². The molecule has 1 aliphatic rings. The lowest BCUT2D eigenvalue weighted by Crippen LogP contribution is -2.27. The van der Waals surface area contributed by atoms with Crippen molar-refractivity contribution in [2.24, 2.45) is 0 Å². The summed E-state index contributed by atoms with van der Waals surface area (Å²) in [5, 5.41) is 0. The lowest BCUT2D eigenvalue weighted by atomic mass is 10.1. The molecule has 0 unspecified atom stereocenters. The number of methoxy groups -OCH3 is 2. The number of nitrogens with zero attached hydrogens (tertiary/aromatic N) is 1. The summed E-state index contributed by atoms with van der Waals surface area (Å²) < 4.78 is 16.6. The highest BCUT2D eigenvalue weighted by molar-refractivity contribution is 8.26. The van der Waals surface area contributed by atoms with Gasteiger partial charge in [-0.25, -0.2) is 0 Å².